The first kappa shape index (κ1) is 15.6. The van der Waals surface area contributed by atoms with Gasteiger partial charge < -0.3 is 20.0 Å². The molecule has 2 N–H and O–H groups in total. The molecule has 0 atom stereocenters. The molecule has 0 radical (unpaired) electrons. The van der Waals surface area contributed by atoms with Crippen molar-refractivity contribution in [1.29, 1.82) is 0 Å². The molecule has 0 unspecified atom stereocenters. The van der Waals surface area contributed by atoms with Gasteiger partial charge in [-0.1, -0.05) is 18.2 Å². The fourth-order valence-electron chi connectivity index (χ4n) is 2.96. The van der Waals surface area contributed by atoms with Crippen molar-refractivity contribution < 1.29 is 9.21 Å². The fraction of sp³-hybridized carbons (Fsp3) is 0.278. The van der Waals surface area contributed by atoms with E-state index in [1.165, 1.54) is 6.20 Å². The zero-order chi connectivity index (χ0) is 17.2. The molecular formula is C18H19N5O2. The van der Waals surface area contributed by atoms with Crippen LogP contribution in [0.15, 0.2) is 41.1 Å². The van der Waals surface area contributed by atoms with E-state index in [1.807, 2.05) is 36.1 Å². The molecule has 0 saturated carbocycles. The molecule has 128 valence electrons. The molecule has 3 heterocycles. The minimum Gasteiger partial charge on any atom is -0.418 e. The topological polar surface area (TPSA) is 83.3 Å². The van der Waals surface area contributed by atoms with Gasteiger partial charge in [-0.3, -0.25) is 9.78 Å². The Morgan fingerprint density at radius 3 is 2.84 bits per heavy atom. The summed E-state index contributed by atoms with van der Waals surface area (Å²) in [5, 5.41) is 7.15. The third kappa shape index (κ3) is 3.06. The van der Waals surface area contributed by atoms with Crippen LogP contribution in [0.3, 0.4) is 0 Å². The summed E-state index contributed by atoms with van der Waals surface area (Å²) in [6.07, 6.45) is 3.14. The number of fused-ring (bicyclic) bond motifs is 1. The number of nitrogens with zero attached hydrogens (tertiary/aromatic N) is 3. The highest BCUT2D eigenvalue weighted by molar-refractivity contribution is 6.03. The third-order valence-electron chi connectivity index (χ3n) is 4.40. The van der Waals surface area contributed by atoms with Gasteiger partial charge in [0, 0.05) is 31.6 Å². The summed E-state index contributed by atoms with van der Waals surface area (Å²) in [7, 11) is 0. The minimum absolute atomic E-state index is 0.195. The molecule has 0 bridgehead atoms. The molecular weight excluding hydrogens is 318 g/mol. The first-order valence-electron chi connectivity index (χ1n) is 8.29. The van der Waals surface area contributed by atoms with Crippen LogP contribution >= 0.6 is 0 Å². The quantitative estimate of drug-likeness (QED) is 0.762. The van der Waals surface area contributed by atoms with Crippen LogP contribution in [-0.2, 0) is 0 Å². The fourth-order valence-corrected chi connectivity index (χ4v) is 2.96. The standard InChI is InChI=1S/C18H19N5O2/c1-12-13-4-2-3-5-14(13)20-10-15(12)22-17(24)16-11-21-18(25-16)23-8-6-19-7-9-23/h2-5,10-11,19H,6-9H2,1H3,(H,22,24). The van der Waals surface area contributed by atoms with E-state index in [-0.39, 0.29) is 11.7 Å². The number of aromatic nitrogens is 2. The van der Waals surface area contributed by atoms with Crippen molar-refractivity contribution in [2.45, 2.75) is 6.92 Å². The summed E-state index contributed by atoms with van der Waals surface area (Å²) < 4.78 is 5.64. The Kier molecular flexibility index (Phi) is 4.07. The van der Waals surface area contributed by atoms with Gasteiger partial charge in [0.15, 0.2) is 0 Å². The number of oxazole rings is 1. The van der Waals surface area contributed by atoms with Gasteiger partial charge in [0.1, 0.15) is 0 Å². The number of carbonyl (C=O) groups excluding carboxylic acids is 1. The Hall–Kier alpha value is -2.93. The molecule has 7 heteroatoms. The molecule has 1 amide bonds. The third-order valence-corrected chi connectivity index (χ3v) is 4.40. The number of piperazine rings is 1. The number of amides is 1. The molecule has 3 aromatic rings. The molecule has 1 saturated heterocycles. The summed E-state index contributed by atoms with van der Waals surface area (Å²) in [5.74, 6) is -0.129. The van der Waals surface area contributed by atoms with Crippen molar-refractivity contribution in [3.63, 3.8) is 0 Å². The highest BCUT2D eigenvalue weighted by Gasteiger charge is 2.19. The van der Waals surface area contributed by atoms with E-state index in [9.17, 15) is 4.79 Å². The zero-order valence-corrected chi connectivity index (χ0v) is 14.0. The van der Waals surface area contributed by atoms with Crippen LogP contribution in [0.25, 0.3) is 10.9 Å². The van der Waals surface area contributed by atoms with E-state index >= 15 is 0 Å². The number of hydrogen-bond donors (Lipinski definition) is 2. The average molecular weight is 337 g/mol. The molecule has 1 fully saturated rings. The predicted octanol–water partition coefficient (Wildman–Crippen LogP) is 2.19. The van der Waals surface area contributed by atoms with Crippen molar-refractivity contribution in [3.05, 3.63) is 48.0 Å². The summed E-state index contributed by atoms with van der Waals surface area (Å²) in [6, 6.07) is 8.33. The first-order valence-corrected chi connectivity index (χ1v) is 8.29. The summed E-state index contributed by atoms with van der Waals surface area (Å²) in [4.78, 5) is 23.1. The van der Waals surface area contributed by atoms with Gasteiger partial charge in [-0.15, -0.1) is 0 Å². The molecule has 7 nitrogen and oxygen atoms in total. The van der Waals surface area contributed by atoms with E-state index < -0.39 is 0 Å². The van der Waals surface area contributed by atoms with Gasteiger partial charge in [-0.05, 0) is 18.6 Å². The lowest BCUT2D eigenvalue weighted by atomic mass is 10.1. The normalized spacial score (nSPS) is 14.7. The van der Waals surface area contributed by atoms with Crippen LogP contribution in [0.1, 0.15) is 16.1 Å². The number of para-hydroxylation sites is 1. The zero-order valence-electron chi connectivity index (χ0n) is 14.0. The van der Waals surface area contributed by atoms with Gasteiger partial charge in [-0.25, -0.2) is 4.98 Å². The first-order chi connectivity index (χ1) is 12.2. The second kappa shape index (κ2) is 6.52. The van der Waals surface area contributed by atoms with Crippen molar-refractivity contribution in [2.24, 2.45) is 0 Å². The Bertz CT molecular complexity index is 915. The predicted molar refractivity (Wildman–Crippen MR) is 96.0 cm³/mol. The van der Waals surface area contributed by atoms with Gasteiger partial charge in [-0.2, -0.15) is 0 Å². The van der Waals surface area contributed by atoms with Gasteiger partial charge in [0.2, 0.25) is 5.76 Å². The van der Waals surface area contributed by atoms with Crippen molar-refractivity contribution >= 4 is 28.5 Å². The SMILES string of the molecule is Cc1c(NC(=O)c2cnc(N3CCNCC3)o2)cnc2ccccc12. The number of anilines is 2. The van der Waals surface area contributed by atoms with E-state index in [0.29, 0.717) is 11.7 Å². The molecule has 2 aromatic heterocycles. The van der Waals surface area contributed by atoms with Crippen LogP contribution in [-0.4, -0.2) is 42.1 Å². The summed E-state index contributed by atoms with van der Waals surface area (Å²) in [6.45, 7) is 5.36. The van der Waals surface area contributed by atoms with Crippen molar-refractivity contribution in [3.8, 4) is 0 Å². The molecule has 0 aliphatic carbocycles. The number of benzene rings is 1. The maximum absolute atomic E-state index is 12.5. The largest absolute Gasteiger partial charge is 0.418 e. The lowest BCUT2D eigenvalue weighted by molar-refractivity contribution is 0.0997. The summed E-state index contributed by atoms with van der Waals surface area (Å²) in [5.41, 5.74) is 2.54. The average Bonchev–Trinajstić information content (AvgIpc) is 3.15. The Morgan fingerprint density at radius 2 is 2.00 bits per heavy atom. The number of pyridine rings is 1. The Balaban J connectivity index is 1.54. The van der Waals surface area contributed by atoms with E-state index in [1.54, 1.807) is 6.20 Å². The van der Waals surface area contributed by atoms with Gasteiger partial charge >= 0.3 is 0 Å². The number of nitrogens with one attached hydrogen (secondary N) is 2. The highest BCUT2D eigenvalue weighted by atomic mass is 16.4. The summed E-state index contributed by atoms with van der Waals surface area (Å²) >= 11 is 0. The minimum atomic E-state index is -0.325. The number of carbonyl (C=O) groups is 1. The lowest BCUT2D eigenvalue weighted by Gasteiger charge is -2.25. The maximum Gasteiger partial charge on any atom is 0.298 e. The molecule has 0 spiro atoms. The van der Waals surface area contributed by atoms with Crippen LogP contribution in [0.4, 0.5) is 11.7 Å². The molecule has 1 aromatic carbocycles. The van der Waals surface area contributed by atoms with E-state index in [2.05, 4.69) is 20.6 Å². The van der Waals surface area contributed by atoms with Gasteiger partial charge in [0.25, 0.3) is 11.9 Å². The maximum atomic E-state index is 12.5. The van der Waals surface area contributed by atoms with Crippen LogP contribution in [0.5, 0.6) is 0 Å². The van der Waals surface area contributed by atoms with Crippen molar-refractivity contribution in [2.75, 3.05) is 36.4 Å². The van der Waals surface area contributed by atoms with Crippen LogP contribution in [0, 0.1) is 6.92 Å². The highest BCUT2D eigenvalue weighted by Crippen LogP contribution is 2.24. The lowest BCUT2D eigenvalue weighted by Crippen LogP contribution is -2.43. The van der Waals surface area contributed by atoms with E-state index in [4.69, 9.17) is 4.42 Å². The van der Waals surface area contributed by atoms with Crippen LogP contribution < -0.4 is 15.5 Å². The number of rotatable bonds is 3. The molecule has 4 rings (SSSR count). The second-order valence-electron chi connectivity index (χ2n) is 6.01. The number of hydrogen-bond acceptors (Lipinski definition) is 6. The van der Waals surface area contributed by atoms with Gasteiger partial charge in [0.05, 0.1) is 23.6 Å². The van der Waals surface area contributed by atoms with E-state index in [0.717, 1.165) is 42.6 Å². The van der Waals surface area contributed by atoms with Crippen LogP contribution in [0.2, 0.25) is 0 Å². The monoisotopic (exact) mass is 337 g/mol. The molecule has 1 aliphatic rings. The molecule has 25 heavy (non-hydrogen) atoms. The van der Waals surface area contributed by atoms with Crippen molar-refractivity contribution in [1.82, 2.24) is 15.3 Å². The Morgan fingerprint density at radius 1 is 1.20 bits per heavy atom. The Labute approximate surface area is 145 Å². The molecule has 1 aliphatic heterocycles. The second-order valence-corrected chi connectivity index (χ2v) is 6.01. The number of aryl methyl sites for hydroxylation is 1. The smallest absolute Gasteiger partial charge is 0.298 e.